The summed E-state index contributed by atoms with van der Waals surface area (Å²) in [6.07, 6.45) is 7.11. The highest BCUT2D eigenvalue weighted by Gasteiger charge is 2.17. The number of fused-ring (bicyclic) bond motifs is 1. The van der Waals surface area contributed by atoms with E-state index in [1.54, 1.807) is 37.8 Å². The first-order chi connectivity index (χ1) is 15.5. The molecule has 0 spiro atoms. The molecule has 1 aliphatic heterocycles. The monoisotopic (exact) mass is 428 g/mol. The average molecular weight is 428 g/mol. The van der Waals surface area contributed by atoms with Gasteiger partial charge in [0.15, 0.2) is 17.4 Å². The van der Waals surface area contributed by atoms with Crippen molar-refractivity contribution >= 4 is 22.4 Å². The van der Waals surface area contributed by atoms with Crippen molar-refractivity contribution in [1.82, 2.24) is 24.8 Å². The topological polar surface area (TPSA) is 88.3 Å². The van der Waals surface area contributed by atoms with Gasteiger partial charge < -0.3 is 14.2 Å². The third kappa shape index (κ3) is 4.22. The second-order valence-electron chi connectivity index (χ2n) is 8.13. The van der Waals surface area contributed by atoms with Crippen LogP contribution in [0, 0.1) is 6.92 Å². The van der Waals surface area contributed by atoms with Gasteiger partial charge >= 0.3 is 0 Å². The Balaban J connectivity index is 1.36. The van der Waals surface area contributed by atoms with Crippen molar-refractivity contribution in [3.8, 4) is 11.5 Å². The van der Waals surface area contributed by atoms with Gasteiger partial charge in [-0.2, -0.15) is 0 Å². The number of aryl methyl sites for hydroxylation is 1. The summed E-state index contributed by atoms with van der Waals surface area (Å²) in [5.74, 6) is 2.09. The molecule has 4 aromatic rings. The van der Waals surface area contributed by atoms with Crippen molar-refractivity contribution in [2.24, 2.45) is 0 Å². The van der Waals surface area contributed by atoms with Crippen LogP contribution < -0.4 is 4.90 Å². The Kier molecular flexibility index (Phi) is 5.36. The number of aromatic nitrogens is 4. The molecule has 0 atom stereocenters. The van der Waals surface area contributed by atoms with Crippen LogP contribution in [-0.4, -0.2) is 63.8 Å². The second-order valence-corrected chi connectivity index (χ2v) is 8.13. The minimum absolute atomic E-state index is 0.0229. The lowest BCUT2D eigenvalue weighted by Crippen LogP contribution is -2.44. The summed E-state index contributed by atoms with van der Waals surface area (Å²) in [6.45, 7) is 5.60. The molecule has 0 saturated carbocycles. The van der Waals surface area contributed by atoms with Gasteiger partial charge in [0.2, 0.25) is 0 Å². The van der Waals surface area contributed by atoms with Crippen molar-refractivity contribution in [2.75, 3.05) is 38.1 Å². The standard InChI is InChI=1S/C24H24N6O2/c1-16-26-15-23(32-16)21-10-18-9-20(27-13-19(18)14-28-21)12-22(31)17-3-4-25-24(11-17)30-7-5-29(2)6-8-30/h3-4,9-11,13-15H,5-8,12H2,1-2H3. The zero-order chi connectivity index (χ0) is 22.1. The Hall–Kier alpha value is -3.65. The predicted octanol–water partition coefficient (Wildman–Crippen LogP) is 3.17. The molecule has 0 aliphatic carbocycles. The van der Waals surface area contributed by atoms with Gasteiger partial charge in [-0.05, 0) is 36.7 Å². The molecule has 0 radical (unpaired) electrons. The molecule has 8 heteroatoms. The highest BCUT2D eigenvalue weighted by atomic mass is 16.4. The maximum atomic E-state index is 13.0. The first-order valence-electron chi connectivity index (χ1n) is 10.7. The van der Waals surface area contributed by atoms with Crippen LogP contribution in [0.5, 0.6) is 0 Å². The number of likely N-dealkylation sites (N-methyl/N-ethyl adjacent to an activating group) is 1. The van der Waals surface area contributed by atoms with E-state index in [1.165, 1.54) is 0 Å². The summed E-state index contributed by atoms with van der Waals surface area (Å²) in [6, 6.07) is 7.53. The molecule has 1 fully saturated rings. The van der Waals surface area contributed by atoms with Crippen LogP contribution in [0.2, 0.25) is 0 Å². The summed E-state index contributed by atoms with van der Waals surface area (Å²) in [5.41, 5.74) is 2.07. The summed E-state index contributed by atoms with van der Waals surface area (Å²) in [7, 11) is 2.12. The molecule has 162 valence electrons. The lowest BCUT2D eigenvalue weighted by molar-refractivity contribution is 0.0992. The normalized spacial score (nSPS) is 14.8. The quantitative estimate of drug-likeness (QED) is 0.448. The predicted molar refractivity (Wildman–Crippen MR) is 122 cm³/mol. The molecule has 5 heterocycles. The molecule has 32 heavy (non-hydrogen) atoms. The molecule has 8 nitrogen and oxygen atoms in total. The van der Waals surface area contributed by atoms with E-state index in [9.17, 15) is 4.79 Å². The molecule has 0 amide bonds. The minimum Gasteiger partial charge on any atom is -0.439 e. The summed E-state index contributed by atoms with van der Waals surface area (Å²) in [4.78, 5) is 35.0. The largest absolute Gasteiger partial charge is 0.439 e. The number of carbonyl (C=O) groups excluding carboxylic acids is 1. The maximum Gasteiger partial charge on any atom is 0.191 e. The molecule has 1 aliphatic rings. The summed E-state index contributed by atoms with van der Waals surface area (Å²) in [5, 5.41) is 1.86. The highest BCUT2D eigenvalue weighted by molar-refractivity contribution is 5.98. The number of rotatable bonds is 5. The Morgan fingerprint density at radius 1 is 0.969 bits per heavy atom. The fraction of sp³-hybridized carbons (Fsp3) is 0.292. The number of piperazine rings is 1. The van der Waals surface area contributed by atoms with E-state index in [4.69, 9.17) is 4.42 Å². The van der Waals surface area contributed by atoms with E-state index in [1.807, 2.05) is 18.2 Å². The fourth-order valence-electron chi connectivity index (χ4n) is 3.86. The number of anilines is 1. The van der Waals surface area contributed by atoms with Crippen LogP contribution in [0.25, 0.3) is 22.2 Å². The minimum atomic E-state index is 0.0229. The number of hydrogen-bond donors (Lipinski definition) is 0. The first kappa shape index (κ1) is 20.3. The van der Waals surface area contributed by atoms with E-state index in [-0.39, 0.29) is 12.2 Å². The molecular formula is C24H24N6O2. The van der Waals surface area contributed by atoms with Crippen molar-refractivity contribution in [1.29, 1.82) is 0 Å². The second kappa shape index (κ2) is 8.47. The van der Waals surface area contributed by atoms with Crippen LogP contribution in [0.4, 0.5) is 5.82 Å². The van der Waals surface area contributed by atoms with Gasteiger partial charge in [-0.3, -0.25) is 14.8 Å². The fourth-order valence-corrected chi connectivity index (χ4v) is 3.86. The number of carbonyl (C=O) groups is 1. The molecular weight excluding hydrogens is 404 g/mol. The molecule has 0 aromatic carbocycles. The zero-order valence-electron chi connectivity index (χ0n) is 18.2. The average Bonchev–Trinajstić information content (AvgIpc) is 3.25. The third-order valence-corrected chi connectivity index (χ3v) is 5.77. The number of ketones is 1. The van der Waals surface area contributed by atoms with Crippen molar-refractivity contribution in [3.05, 3.63) is 66.2 Å². The summed E-state index contributed by atoms with van der Waals surface area (Å²) >= 11 is 0. The van der Waals surface area contributed by atoms with Gasteiger partial charge in [0, 0.05) is 68.3 Å². The Morgan fingerprint density at radius 2 is 1.78 bits per heavy atom. The molecule has 1 saturated heterocycles. The summed E-state index contributed by atoms with van der Waals surface area (Å²) < 4.78 is 5.58. The lowest BCUT2D eigenvalue weighted by atomic mass is 10.1. The van der Waals surface area contributed by atoms with Gasteiger partial charge in [0.25, 0.3) is 0 Å². The van der Waals surface area contributed by atoms with Crippen molar-refractivity contribution in [2.45, 2.75) is 13.3 Å². The first-order valence-corrected chi connectivity index (χ1v) is 10.7. The molecule has 0 N–H and O–H groups in total. The number of oxazole rings is 1. The van der Waals surface area contributed by atoms with Crippen molar-refractivity contribution < 1.29 is 9.21 Å². The Labute approximate surface area is 185 Å². The van der Waals surface area contributed by atoms with Gasteiger partial charge in [-0.15, -0.1) is 0 Å². The lowest BCUT2D eigenvalue weighted by Gasteiger charge is -2.33. The van der Waals surface area contributed by atoms with E-state index in [2.05, 4.69) is 36.8 Å². The molecule has 4 aromatic heterocycles. The van der Waals surface area contributed by atoms with Crippen LogP contribution in [0.3, 0.4) is 0 Å². The number of nitrogens with zero attached hydrogens (tertiary/aromatic N) is 6. The van der Waals surface area contributed by atoms with Crippen LogP contribution >= 0.6 is 0 Å². The smallest absolute Gasteiger partial charge is 0.191 e. The van der Waals surface area contributed by atoms with E-state index >= 15 is 0 Å². The van der Waals surface area contributed by atoms with Gasteiger partial charge in [-0.1, -0.05) is 0 Å². The van der Waals surface area contributed by atoms with E-state index in [0.29, 0.717) is 28.6 Å². The van der Waals surface area contributed by atoms with E-state index < -0.39 is 0 Å². The van der Waals surface area contributed by atoms with Gasteiger partial charge in [0.1, 0.15) is 11.5 Å². The zero-order valence-corrected chi connectivity index (χ0v) is 18.2. The van der Waals surface area contributed by atoms with E-state index in [0.717, 1.165) is 42.8 Å². The van der Waals surface area contributed by atoms with Gasteiger partial charge in [-0.25, -0.2) is 9.97 Å². The number of pyridine rings is 3. The highest BCUT2D eigenvalue weighted by Crippen LogP contribution is 2.23. The van der Waals surface area contributed by atoms with Crippen LogP contribution in [-0.2, 0) is 6.42 Å². The molecule has 5 rings (SSSR count). The molecule has 0 bridgehead atoms. The molecule has 0 unspecified atom stereocenters. The number of hydrogen-bond acceptors (Lipinski definition) is 8. The van der Waals surface area contributed by atoms with Gasteiger partial charge in [0.05, 0.1) is 12.6 Å². The van der Waals surface area contributed by atoms with Crippen LogP contribution in [0.1, 0.15) is 21.9 Å². The SMILES string of the molecule is Cc1ncc(-c2cc3cc(CC(=O)c4ccnc(N5CCN(C)CC5)c4)ncc3cn2)o1. The van der Waals surface area contributed by atoms with Crippen LogP contribution in [0.15, 0.2) is 53.5 Å². The Morgan fingerprint density at radius 3 is 2.56 bits per heavy atom. The van der Waals surface area contributed by atoms with Crippen molar-refractivity contribution in [3.63, 3.8) is 0 Å². The maximum absolute atomic E-state index is 13.0. The third-order valence-electron chi connectivity index (χ3n) is 5.77. The Bertz CT molecular complexity index is 1280. The number of Topliss-reactive ketones (excluding diaryl/α,β-unsaturated/α-hetero) is 1.